The maximum Gasteiger partial charge on any atom is 0.329 e. The Balaban J connectivity index is 1.50. The lowest BCUT2D eigenvalue weighted by Gasteiger charge is -2.13. The van der Waals surface area contributed by atoms with Crippen molar-refractivity contribution in [2.45, 2.75) is 6.42 Å². The summed E-state index contributed by atoms with van der Waals surface area (Å²) in [5.74, 6) is -0.464. The average molecular weight is 682 g/mol. The van der Waals surface area contributed by atoms with Crippen molar-refractivity contribution in [2.75, 3.05) is 39.8 Å². The molecule has 0 radical (unpaired) electrons. The first-order valence-corrected chi connectivity index (χ1v) is 13.8. The number of halogens is 3. The summed E-state index contributed by atoms with van der Waals surface area (Å²) in [6.45, 7) is -0.0949. The normalized spacial score (nSPS) is 10.6. The van der Waals surface area contributed by atoms with E-state index in [2.05, 4.69) is 37.1 Å². The van der Waals surface area contributed by atoms with Gasteiger partial charge in [0.05, 0.1) is 42.1 Å². The second-order valence-electron chi connectivity index (χ2n) is 8.39. The number of carbonyl (C=O) groups is 3. The Hall–Kier alpha value is -4.00. The van der Waals surface area contributed by atoms with Crippen molar-refractivity contribution in [1.29, 1.82) is 0 Å². The fraction of sp³-hybridized carbons (Fsp3) is 0.214. The van der Waals surface area contributed by atoms with Gasteiger partial charge in [-0.1, -0.05) is 29.3 Å². The van der Waals surface area contributed by atoms with Crippen molar-refractivity contribution in [3.05, 3.63) is 74.2 Å². The number of nitrogens with zero attached hydrogens (tertiary/aromatic N) is 1. The van der Waals surface area contributed by atoms with Gasteiger partial charge in [-0.15, -0.1) is 0 Å². The van der Waals surface area contributed by atoms with Gasteiger partial charge in [0.1, 0.15) is 0 Å². The van der Waals surface area contributed by atoms with E-state index in [-0.39, 0.29) is 18.9 Å². The monoisotopic (exact) mass is 680 g/mol. The molecule has 0 saturated carbocycles. The van der Waals surface area contributed by atoms with E-state index in [4.69, 9.17) is 42.1 Å². The van der Waals surface area contributed by atoms with Crippen molar-refractivity contribution >= 4 is 68.8 Å². The summed E-state index contributed by atoms with van der Waals surface area (Å²) in [4.78, 5) is 36.6. The lowest BCUT2D eigenvalue weighted by atomic mass is 10.1. The molecular weight excluding hydrogens is 655 g/mol. The summed E-state index contributed by atoms with van der Waals surface area (Å²) < 4.78 is 22.0. The van der Waals surface area contributed by atoms with Crippen LogP contribution in [0.25, 0.3) is 0 Å². The Morgan fingerprint density at radius 2 is 1.62 bits per heavy atom. The average Bonchev–Trinajstić information content (AvgIpc) is 2.97. The summed E-state index contributed by atoms with van der Waals surface area (Å²) in [5.41, 5.74) is 4.05. The first kappa shape index (κ1) is 32.5. The van der Waals surface area contributed by atoms with Crippen LogP contribution in [-0.4, -0.2) is 58.4 Å². The maximum absolute atomic E-state index is 12.3. The van der Waals surface area contributed by atoms with Gasteiger partial charge in [0, 0.05) is 12.2 Å². The highest BCUT2D eigenvalue weighted by molar-refractivity contribution is 9.10. The Labute approximate surface area is 260 Å². The molecular formula is C28H27BrCl2N4O7. The topological polar surface area (TPSA) is 137 Å². The number of methoxy groups -OCH3 is 3. The fourth-order valence-electron chi connectivity index (χ4n) is 3.52. The minimum Gasteiger partial charge on any atom is -0.493 e. The van der Waals surface area contributed by atoms with Crippen LogP contribution in [-0.2, 0) is 20.8 Å². The molecule has 0 aromatic heterocycles. The Bertz CT molecular complexity index is 1490. The minimum absolute atomic E-state index is 0.225. The summed E-state index contributed by atoms with van der Waals surface area (Å²) >= 11 is 15.3. The number of nitrogens with one attached hydrogen (secondary N) is 3. The van der Waals surface area contributed by atoms with Crippen molar-refractivity contribution in [1.82, 2.24) is 10.7 Å². The third-order valence-corrected chi connectivity index (χ3v) is 6.86. The summed E-state index contributed by atoms with van der Waals surface area (Å²) in [6, 6.07) is 13.3. The number of anilines is 1. The van der Waals surface area contributed by atoms with E-state index in [1.807, 2.05) is 6.07 Å². The van der Waals surface area contributed by atoms with Gasteiger partial charge in [-0.25, -0.2) is 5.43 Å². The highest BCUT2D eigenvalue weighted by Gasteiger charge is 2.15. The maximum atomic E-state index is 12.3. The number of hydrogen-bond donors (Lipinski definition) is 3. The van der Waals surface area contributed by atoms with Crippen LogP contribution in [0.3, 0.4) is 0 Å². The Morgan fingerprint density at radius 1 is 0.881 bits per heavy atom. The molecule has 3 N–H and O–H groups in total. The number of rotatable bonds is 12. The van der Waals surface area contributed by atoms with Crippen LogP contribution in [0.15, 0.2) is 58.1 Å². The number of benzene rings is 3. The molecule has 0 atom stereocenters. The van der Waals surface area contributed by atoms with Crippen LogP contribution in [0, 0.1) is 0 Å². The van der Waals surface area contributed by atoms with E-state index in [0.717, 1.165) is 5.56 Å². The molecule has 3 aromatic carbocycles. The van der Waals surface area contributed by atoms with Crippen LogP contribution in [0.4, 0.5) is 5.69 Å². The number of hydrazone groups is 1. The predicted octanol–water partition coefficient (Wildman–Crippen LogP) is 4.61. The molecule has 0 spiro atoms. The third-order valence-electron chi connectivity index (χ3n) is 5.54. The standard InChI is InChI=1S/C28H27BrCl2N4O7/c1-39-22-7-4-16(11-23(22)40-2)8-9-32-27(37)28(38)35-33-14-17-10-19(29)26(24(12-17)41-3)42-15-25(36)34-18-5-6-20(30)21(31)13-18/h4-7,10-14H,8-9,15H2,1-3H3,(H,32,37)(H,34,36)(H,35,38)/b33-14-. The van der Waals surface area contributed by atoms with E-state index < -0.39 is 17.7 Å². The van der Waals surface area contributed by atoms with Gasteiger partial charge in [0.25, 0.3) is 5.91 Å². The number of hydrogen-bond acceptors (Lipinski definition) is 8. The molecule has 0 bridgehead atoms. The molecule has 0 saturated heterocycles. The van der Waals surface area contributed by atoms with Gasteiger partial charge in [0.15, 0.2) is 29.6 Å². The molecule has 3 aromatic rings. The minimum atomic E-state index is -0.933. The quantitative estimate of drug-likeness (QED) is 0.144. The zero-order valence-electron chi connectivity index (χ0n) is 22.8. The predicted molar refractivity (Wildman–Crippen MR) is 163 cm³/mol. The van der Waals surface area contributed by atoms with Crippen molar-refractivity contribution in [3.63, 3.8) is 0 Å². The highest BCUT2D eigenvalue weighted by Crippen LogP contribution is 2.36. The molecule has 14 heteroatoms. The number of amides is 3. The van der Waals surface area contributed by atoms with E-state index in [0.29, 0.717) is 49.4 Å². The van der Waals surface area contributed by atoms with Crippen LogP contribution in [0.2, 0.25) is 10.0 Å². The van der Waals surface area contributed by atoms with Crippen LogP contribution in [0.1, 0.15) is 11.1 Å². The highest BCUT2D eigenvalue weighted by atomic mass is 79.9. The van der Waals surface area contributed by atoms with E-state index in [9.17, 15) is 14.4 Å². The SMILES string of the molecule is COc1ccc(CCNC(=O)C(=O)N/N=C\c2cc(Br)c(OCC(=O)Nc3ccc(Cl)c(Cl)c3)c(OC)c2)cc1OC. The zero-order valence-corrected chi connectivity index (χ0v) is 25.9. The number of ether oxygens (including phenoxy) is 4. The van der Waals surface area contributed by atoms with Gasteiger partial charge in [0.2, 0.25) is 0 Å². The molecule has 0 aliphatic carbocycles. The van der Waals surface area contributed by atoms with E-state index >= 15 is 0 Å². The summed E-state index contributed by atoms with van der Waals surface area (Å²) in [7, 11) is 4.51. The molecule has 42 heavy (non-hydrogen) atoms. The lowest BCUT2D eigenvalue weighted by molar-refractivity contribution is -0.139. The molecule has 3 amide bonds. The van der Waals surface area contributed by atoms with Crippen molar-refractivity contribution < 1.29 is 33.3 Å². The van der Waals surface area contributed by atoms with Gasteiger partial charge in [-0.2, -0.15) is 5.10 Å². The summed E-state index contributed by atoms with van der Waals surface area (Å²) in [6.07, 6.45) is 1.80. The van der Waals surface area contributed by atoms with Gasteiger partial charge in [-0.05, 0) is 75.9 Å². The molecule has 0 fully saturated rings. The first-order valence-electron chi connectivity index (χ1n) is 12.2. The Kier molecular flexibility index (Phi) is 12.3. The van der Waals surface area contributed by atoms with Crippen molar-refractivity contribution in [2.24, 2.45) is 5.10 Å². The third kappa shape index (κ3) is 9.26. The smallest absolute Gasteiger partial charge is 0.329 e. The zero-order chi connectivity index (χ0) is 30.6. The van der Waals surface area contributed by atoms with Crippen molar-refractivity contribution in [3.8, 4) is 23.0 Å². The molecule has 0 unspecified atom stereocenters. The van der Waals surface area contributed by atoms with Crippen LogP contribution < -0.4 is 35.0 Å². The van der Waals surface area contributed by atoms with Gasteiger partial charge < -0.3 is 29.6 Å². The van der Waals surface area contributed by atoms with E-state index in [1.54, 1.807) is 43.5 Å². The van der Waals surface area contributed by atoms with Gasteiger partial charge >= 0.3 is 11.8 Å². The summed E-state index contributed by atoms with van der Waals surface area (Å²) in [5, 5.41) is 9.71. The first-order chi connectivity index (χ1) is 20.1. The second-order valence-corrected chi connectivity index (χ2v) is 10.1. The molecule has 0 aliphatic heterocycles. The fourth-order valence-corrected chi connectivity index (χ4v) is 4.39. The van der Waals surface area contributed by atoms with Gasteiger partial charge in [-0.3, -0.25) is 14.4 Å². The molecule has 0 aliphatic rings. The molecule has 11 nitrogen and oxygen atoms in total. The lowest BCUT2D eigenvalue weighted by Crippen LogP contribution is -2.38. The second kappa shape index (κ2) is 15.9. The Morgan fingerprint density at radius 3 is 2.31 bits per heavy atom. The van der Waals surface area contributed by atoms with Crippen LogP contribution >= 0.6 is 39.1 Å². The molecule has 3 rings (SSSR count). The number of carbonyl (C=O) groups excluding carboxylic acids is 3. The van der Waals surface area contributed by atoms with Crippen LogP contribution in [0.5, 0.6) is 23.0 Å². The largest absolute Gasteiger partial charge is 0.493 e. The van der Waals surface area contributed by atoms with E-state index in [1.165, 1.54) is 26.5 Å². The molecule has 222 valence electrons. The molecule has 0 heterocycles.